The lowest BCUT2D eigenvalue weighted by Crippen LogP contribution is -2.48. The molecular weight excluding hydrogens is 248 g/mol. The van der Waals surface area contributed by atoms with Crippen LogP contribution in [-0.2, 0) is 4.79 Å². The van der Waals surface area contributed by atoms with Crippen molar-refractivity contribution in [2.75, 3.05) is 40.8 Å². The maximum atomic E-state index is 12.6. The summed E-state index contributed by atoms with van der Waals surface area (Å²) in [6.07, 6.45) is 2.83. The Balaban J connectivity index is 4.58. The Morgan fingerprint density at radius 1 is 1.20 bits per heavy atom. The van der Waals surface area contributed by atoms with Gasteiger partial charge >= 0.3 is 0 Å². The number of quaternary nitrogens is 1. The highest BCUT2D eigenvalue weighted by atomic mass is 16.2. The van der Waals surface area contributed by atoms with Crippen molar-refractivity contribution in [3.05, 3.63) is 12.7 Å². The summed E-state index contributed by atoms with van der Waals surface area (Å²) in [7, 11) is 6.25. The van der Waals surface area contributed by atoms with Gasteiger partial charge in [0.1, 0.15) is 0 Å². The fraction of sp³-hybridized carbons (Fsp3) is 0.824. The van der Waals surface area contributed by atoms with Crippen LogP contribution in [0.15, 0.2) is 12.7 Å². The summed E-state index contributed by atoms with van der Waals surface area (Å²) in [5, 5.41) is 0. The first-order valence-corrected chi connectivity index (χ1v) is 7.49. The molecule has 0 N–H and O–H groups in total. The lowest BCUT2D eigenvalue weighted by atomic mass is 9.75. The van der Waals surface area contributed by atoms with Gasteiger partial charge in [-0.1, -0.05) is 41.2 Å². The molecule has 0 radical (unpaired) electrons. The molecule has 0 aromatic rings. The second kappa shape index (κ2) is 6.75. The Kier molecular flexibility index (Phi) is 6.47. The van der Waals surface area contributed by atoms with Gasteiger partial charge in [0, 0.05) is 12.5 Å². The normalized spacial score (nSPS) is 13.2. The average Bonchev–Trinajstić information content (AvgIpc) is 2.21. The predicted octanol–water partition coefficient (Wildman–Crippen LogP) is 3.17. The van der Waals surface area contributed by atoms with Crippen LogP contribution in [-0.4, -0.2) is 56.1 Å². The number of amides is 1. The van der Waals surface area contributed by atoms with Crippen molar-refractivity contribution in [1.29, 1.82) is 0 Å². The zero-order valence-corrected chi connectivity index (χ0v) is 14.9. The van der Waals surface area contributed by atoms with Crippen LogP contribution < -0.4 is 0 Å². The Labute approximate surface area is 126 Å². The molecule has 0 bridgehead atoms. The van der Waals surface area contributed by atoms with Crippen LogP contribution in [0, 0.1) is 10.8 Å². The molecule has 0 fully saturated rings. The summed E-state index contributed by atoms with van der Waals surface area (Å²) in [5.74, 6) is 0.242. The lowest BCUT2D eigenvalue weighted by Gasteiger charge is -2.36. The molecule has 0 aliphatic carbocycles. The van der Waals surface area contributed by atoms with E-state index >= 15 is 0 Å². The number of hydrogen-bond donors (Lipinski definition) is 0. The SMILES string of the molecule is C=CC[N+](C)(C)CCN(C)C(=O)C(C)(C)CC(C)(C)C. The van der Waals surface area contributed by atoms with Crippen molar-refractivity contribution >= 4 is 5.91 Å². The van der Waals surface area contributed by atoms with E-state index in [0.717, 1.165) is 30.5 Å². The third-order valence-electron chi connectivity index (χ3n) is 3.56. The summed E-state index contributed by atoms with van der Waals surface area (Å²) in [4.78, 5) is 14.5. The molecule has 0 atom stereocenters. The molecule has 0 saturated carbocycles. The minimum absolute atomic E-state index is 0.165. The van der Waals surface area contributed by atoms with Crippen molar-refractivity contribution in [2.45, 2.75) is 41.0 Å². The molecule has 0 aromatic carbocycles. The Hall–Kier alpha value is -0.830. The van der Waals surface area contributed by atoms with Gasteiger partial charge in [0.25, 0.3) is 0 Å². The molecule has 0 unspecified atom stereocenters. The highest BCUT2D eigenvalue weighted by molar-refractivity contribution is 5.81. The van der Waals surface area contributed by atoms with E-state index in [-0.39, 0.29) is 16.7 Å². The number of carbonyl (C=O) groups excluding carboxylic acids is 1. The van der Waals surface area contributed by atoms with Gasteiger partial charge in [0.05, 0.1) is 33.7 Å². The van der Waals surface area contributed by atoms with Crippen molar-refractivity contribution in [1.82, 2.24) is 4.90 Å². The number of nitrogens with zero attached hydrogens (tertiary/aromatic N) is 2. The zero-order chi connectivity index (χ0) is 16.2. The van der Waals surface area contributed by atoms with E-state index in [0.29, 0.717) is 0 Å². The average molecular weight is 283 g/mol. The topological polar surface area (TPSA) is 20.3 Å². The monoisotopic (exact) mass is 283 g/mol. The molecule has 0 spiro atoms. The highest BCUT2D eigenvalue weighted by Gasteiger charge is 2.34. The van der Waals surface area contributed by atoms with E-state index in [1.165, 1.54) is 0 Å². The molecule has 0 rings (SSSR count). The second-order valence-electron chi connectivity index (χ2n) is 8.48. The van der Waals surface area contributed by atoms with Gasteiger partial charge in [-0.15, -0.1) is 0 Å². The Bertz CT molecular complexity index is 337. The molecule has 0 saturated heterocycles. The van der Waals surface area contributed by atoms with Crippen molar-refractivity contribution in [2.24, 2.45) is 10.8 Å². The molecule has 1 amide bonds. The van der Waals surface area contributed by atoms with E-state index in [2.05, 4.69) is 55.3 Å². The standard InChI is InChI=1S/C17H35N2O/c1-10-12-19(8,9)13-11-18(7)15(20)17(5,6)14-16(2,3)4/h10H,1,11-14H2,2-9H3/q+1. The zero-order valence-electron chi connectivity index (χ0n) is 14.9. The first kappa shape index (κ1) is 19.2. The van der Waals surface area contributed by atoms with Gasteiger partial charge < -0.3 is 9.38 Å². The number of carbonyl (C=O) groups is 1. The molecule has 0 aliphatic heterocycles. The Morgan fingerprint density at radius 3 is 2.10 bits per heavy atom. The molecule has 0 heterocycles. The van der Waals surface area contributed by atoms with Gasteiger partial charge in [-0.2, -0.15) is 0 Å². The minimum Gasteiger partial charge on any atom is -0.340 e. The van der Waals surface area contributed by atoms with Crippen molar-refractivity contribution < 1.29 is 9.28 Å². The lowest BCUT2D eigenvalue weighted by molar-refractivity contribution is -0.883. The summed E-state index contributed by atoms with van der Waals surface area (Å²) < 4.78 is 0.862. The molecule has 3 nitrogen and oxygen atoms in total. The van der Waals surface area contributed by atoms with Crippen LogP contribution in [0.5, 0.6) is 0 Å². The number of likely N-dealkylation sites (N-methyl/N-ethyl adjacent to an activating group) is 2. The fourth-order valence-corrected chi connectivity index (χ4v) is 2.88. The van der Waals surface area contributed by atoms with Gasteiger partial charge in [-0.3, -0.25) is 4.79 Å². The Morgan fingerprint density at radius 2 is 1.70 bits per heavy atom. The van der Waals surface area contributed by atoms with Gasteiger partial charge in [-0.25, -0.2) is 0 Å². The number of rotatable bonds is 7. The fourth-order valence-electron chi connectivity index (χ4n) is 2.88. The molecule has 3 heteroatoms. The summed E-state index contributed by atoms with van der Waals surface area (Å²) in [5.41, 5.74) is -0.138. The first-order chi connectivity index (χ1) is 8.81. The van der Waals surface area contributed by atoms with Crippen LogP contribution in [0.25, 0.3) is 0 Å². The maximum Gasteiger partial charge on any atom is 0.228 e. The van der Waals surface area contributed by atoms with Crippen molar-refractivity contribution in [3.63, 3.8) is 0 Å². The van der Waals surface area contributed by atoms with Crippen LogP contribution >= 0.6 is 0 Å². The van der Waals surface area contributed by atoms with Gasteiger partial charge in [0.15, 0.2) is 0 Å². The van der Waals surface area contributed by atoms with Crippen molar-refractivity contribution in [3.8, 4) is 0 Å². The van der Waals surface area contributed by atoms with Crippen LogP contribution in [0.1, 0.15) is 41.0 Å². The summed E-state index contributed by atoms with van der Waals surface area (Å²) >= 11 is 0. The van der Waals surface area contributed by atoms with E-state index < -0.39 is 0 Å². The maximum absolute atomic E-state index is 12.6. The second-order valence-corrected chi connectivity index (χ2v) is 8.48. The van der Waals surface area contributed by atoms with Gasteiger partial charge in [-0.05, 0) is 17.9 Å². The third-order valence-corrected chi connectivity index (χ3v) is 3.56. The van der Waals surface area contributed by atoms with E-state index in [1.54, 1.807) is 0 Å². The van der Waals surface area contributed by atoms with E-state index in [9.17, 15) is 4.79 Å². The van der Waals surface area contributed by atoms with E-state index in [1.807, 2.05) is 18.0 Å². The largest absolute Gasteiger partial charge is 0.340 e. The number of hydrogen-bond acceptors (Lipinski definition) is 1. The molecule has 20 heavy (non-hydrogen) atoms. The smallest absolute Gasteiger partial charge is 0.228 e. The molecule has 0 aromatic heterocycles. The predicted molar refractivity (Wildman–Crippen MR) is 87.5 cm³/mol. The summed E-state index contributed by atoms with van der Waals surface area (Å²) in [6.45, 7) is 17.1. The minimum atomic E-state index is -0.303. The quantitative estimate of drug-likeness (QED) is 0.519. The van der Waals surface area contributed by atoms with Gasteiger partial charge in [0.2, 0.25) is 5.91 Å². The van der Waals surface area contributed by atoms with E-state index in [4.69, 9.17) is 0 Å². The first-order valence-electron chi connectivity index (χ1n) is 7.49. The van der Waals surface area contributed by atoms with Crippen LogP contribution in [0.2, 0.25) is 0 Å². The van der Waals surface area contributed by atoms with Crippen LogP contribution in [0.4, 0.5) is 0 Å². The highest BCUT2D eigenvalue weighted by Crippen LogP contribution is 2.34. The molecule has 118 valence electrons. The molecule has 0 aliphatic rings. The summed E-state index contributed by atoms with van der Waals surface area (Å²) in [6, 6.07) is 0. The third kappa shape index (κ3) is 7.09. The van der Waals surface area contributed by atoms with Crippen LogP contribution in [0.3, 0.4) is 0 Å². The molecular formula is C17H35N2O+.